The summed E-state index contributed by atoms with van der Waals surface area (Å²) in [5.74, 6) is 1.46. The number of carbonyl (C=O) groups is 1. The van der Waals surface area contributed by atoms with Crippen molar-refractivity contribution in [2.24, 2.45) is 5.73 Å². The Labute approximate surface area is 168 Å². The highest BCUT2D eigenvalue weighted by Crippen LogP contribution is 2.30. The first-order valence-corrected chi connectivity index (χ1v) is 9.61. The summed E-state index contributed by atoms with van der Waals surface area (Å²) in [5.41, 5.74) is 8.10. The summed E-state index contributed by atoms with van der Waals surface area (Å²) in [4.78, 5) is 23.3. The van der Waals surface area contributed by atoms with E-state index in [0.29, 0.717) is 31.9 Å². The fraction of sp³-hybridized carbons (Fsp3) is 0.400. The van der Waals surface area contributed by atoms with E-state index in [2.05, 4.69) is 9.97 Å². The molecular formula is C20H24N6O3. The van der Waals surface area contributed by atoms with Gasteiger partial charge in [-0.05, 0) is 30.7 Å². The number of ether oxygens (including phenoxy) is 2. The van der Waals surface area contributed by atoms with Crippen molar-refractivity contribution in [3.05, 3.63) is 42.4 Å². The maximum atomic E-state index is 12.6. The molecule has 1 fully saturated rings. The number of hydrogen-bond acceptors (Lipinski definition) is 7. The Morgan fingerprint density at radius 1 is 1.21 bits per heavy atom. The predicted molar refractivity (Wildman–Crippen MR) is 107 cm³/mol. The number of aromatic nitrogens is 4. The zero-order valence-electron chi connectivity index (χ0n) is 16.3. The van der Waals surface area contributed by atoms with Gasteiger partial charge in [0.2, 0.25) is 0 Å². The summed E-state index contributed by atoms with van der Waals surface area (Å²) >= 11 is 0. The monoisotopic (exact) mass is 396 g/mol. The zero-order chi connectivity index (χ0) is 20.2. The van der Waals surface area contributed by atoms with Gasteiger partial charge in [-0.3, -0.25) is 4.79 Å². The van der Waals surface area contributed by atoms with E-state index in [1.807, 2.05) is 4.90 Å². The minimum atomic E-state index is -0.0416. The molecular weight excluding hydrogens is 372 g/mol. The second kappa shape index (κ2) is 8.44. The SMILES string of the molecule is COc1ccc(OCC(=O)N2CCC(c3nn(CCN)c4nccnc34)C2)cc1. The van der Waals surface area contributed by atoms with Crippen LogP contribution in [0.15, 0.2) is 36.7 Å². The molecule has 0 bridgehead atoms. The molecule has 4 rings (SSSR count). The van der Waals surface area contributed by atoms with Gasteiger partial charge in [0, 0.05) is 37.9 Å². The quantitative estimate of drug-likeness (QED) is 0.639. The van der Waals surface area contributed by atoms with Gasteiger partial charge >= 0.3 is 0 Å². The van der Waals surface area contributed by atoms with Crippen LogP contribution in [0.4, 0.5) is 0 Å². The second-order valence-corrected chi connectivity index (χ2v) is 6.92. The summed E-state index contributed by atoms with van der Waals surface area (Å²) in [6.45, 7) is 2.32. The molecule has 1 aliphatic rings. The topological polar surface area (TPSA) is 108 Å². The van der Waals surface area contributed by atoms with E-state index in [1.165, 1.54) is 0 Å². The van der Waals surface area contributed by atoms with Crippen LogP contribution in [0.1, 0.15) is 18.0 Å². The third-order valence-corrected chi connectivity index (χ3v) is 5.08. The van der Waals surface area contributed by atoms with Gasteiger partial charge in [-0.2, -0.15) is 5.10 Å². The molecule has 1 aromatic carbocycles. The number of nitrogens with zero attached hydrogens (tertiary/aromatic N) is 5. The number of rotatable bonds is 7. The van der Waals surface area contributed by atoms with Crippen LogP contribution >= 0.6 is 0 Å². The first kappa shape index (κ1) is 19.1. The largest absolute Gasteiger partial charge is 0.497 e. The van der Waals surface area contributed by atoms with Crippen LogP contribution in [0, 0.1) is 0 Å². The van der Waals surface area contributed by atoms with Crippen LogP contribution in [0.3, 0.4) is 0 Å². The van der Waals surface area contributed by atoms with Crippen LogP contribution < -0.4 is 15.2 Å². The van der Waals surface area contributed by atoms with E-state index in [1.54, 1.807) is 48.5 Å². The Morgan fingerprint density at radius 3 is 2.72 bits per heavy atom. The number of fused-ring (bicyclic) bond motifs is 1. The molecule has 1 unspecified atom stereocenters. The Hall–Kier alpha value is -3.20. The molecule has 152 valence electrons. The normalized spacial score (nSPS) is 16.3. The number of hydrogen-bond donors (Lipinski definition) is 1. The summed E-state index contributed by atoms with van der Waals surface area (Å²) < 4.78 is 12.5. The molecule has 0 aliphatic carbocycles. The molecule has 29 heavy (non-hydrogen) atoms. The predicted octanol–water partition coefficient (Wildman–Crippen LogP) is 1.19. The van der Waals surface area contributed by atoms with Gasteiger partial charge in [-0.1, -0.05) is 0 Å². The number of benzene rings is 1. The van der Waals surface area contributed by atoms with Crippen LogP contribution in [0.2, 0.25) is 0 Å². The number of carbonyl (C=O) groups excluding carboxylic acids is 1. The number of methoxy groups -OCH3 is 1. The third-order valence-electron chi connectivity index (χ3n) is 5.08. The first-order chi connectivity index (χ1) is 14.2. The van der Waals surface area contributed by atoms with Crippen molar-refractivity contribution in [2.45, 2.75) is 18.9 Å². The van der Waals surface area contributed by atoms with E-state index in [4.69, 9.17) is 20.3 Å². The van der Waals surface area contributed by atoms with Gasteiger partial charge in [-0.15, -0.1) is 0 Å². The molecule has 0 spiro atoms. The van der Waals surface area contributed by atoms with Crippen LogP contribution in [0.25, 0.3) is 11.2 Å². The average molecular weight is 396 g/mol. The highest BCUT2D eigenvalue weighted by atomic mass is 16.5. The van der Waals surface area contributed by atoms with E-state index in [9.17, 15) is 4.79 Å². The molecule has 3 aromatic rings. The van der Waals surface area contributed by atoms with Crippen molar-refractivity contribution >= 4 is 17.1 Å². The Balaban J connectivity index is 1.41. The molecule has 0 saturated carbocycles. The van der Waals surface area contributed by atoms with Crippen LogP contribution in [-0.4, -0.2) is 63.9 Å². The minimum Gasteiger partial charge on any atom is -0.497 e. The van der Waals surface area contributed by atoms with Crippen molar-refractivity contribution < 1.29 is 14.3 Å². The number of amides is 1. The van der Waals surface area contributed by atoms with Crippen molar-refractivity contribution in [1.29, 1.82) is 0 Å². The number of nitrogens with two attached hydrogens (primary N) is 1. The Morgan fingerprint density at radius 2 is 1.97 bits per heavy atom. The minimum absolute atomic E-state index is 0.00121. The lowest BCUT2D eigenvalue weighted by Crippen LogP contribution is -2.32. The molecule has 2 aromatic heterocycles. The lowest BCUT2D eigenvalue weighted by Gasteiger charge is -2.16. The lowest BCUT2D eigenvalue weighted by molar-refractivity contribution is -0.132. The summed E-state index contributed by atoms with van der Waals surface area (Å²) in [6, 6.07) is 7.17. The molecule has 1 atom stereocenters. The molecule has 2 N–H and O–H groups in total. The van der Waals surface area contributed by atoms with Gasteiger partial charge in [-0.25, -0.2) is 14.6 Å². The standard InChI is InChI=1S/C20H24N6O3/c1-28-15-2-4-16(5-3-15)29-13-17(27)25-10-6-14(12-25)18-19-20(23-9-8-22-19)26(24-18)11-7-21/h2-5,8-9,14H,6-7,10-13,21H2,1H3. The van der Waals surface area contributed by atoms with Crippen molar-refractivity contribution in [1.82, 2.24) is 24.6 Å². The summed E-state index contributed by atoms with van der Waals surface area (Å²) in [6.07, 6.45) is 4.16. The zero-order valence-corrected chi connectivity index (χ0v) is 16.3. The van der Waals surface area contributed by atoms with Crippen molar-refractivity contribution in [3.63, 3.8) is 0 Å². The van der Waals surface area contributed by atoms with Gasteiger partial charge in [0.25, 0.3) is 5.91 Å². The average Bonchev–Trinajstić information content (AvgIpc) is 3.38. The summed E-state index contributed by atoms with van der Waals surface area (Å²) in [5, 5.41) is 4.70. The number of likely N-dealkylation sites (tertiary alicyclic amines) is 1. The van der Waals surface area contributed by atoms with Gasteiger partial charge in [0.15, 0.2) is 12.3 Å². The maximum absolute atomic E-state index is 12.6. The molecule has 9 nitrogen and oxygen atoms in total. The third kappa shape index (κ3) is 4.00. The molecule has 1 amide bonds. The van der Waals surface area contributed by atoms with E-state index in [0.717, 1.165) is 29.0 Å². The van der Waals surface area contributed by atoms with Crippen LogP contribution in [0.5, 0.6) is 11.5 Å². The van der Waals surface area contributed by atoms with Crippen molar-refractivity contribution in [3.8, 4) is 11.5 Å². The highest BCUT2D eigenvalue weighted by Gasteiger charge is 2.31. The summed E-state index contributed by atoms with van der Waals surface area (Å²) in [7, 11) is 1.61. The highest BCUT2D eigenvalue weighted by molar-refractivity contribution is 5.79. The van der Waals surface area contributed by atoms with Gasteiger partial charge in [0.1, 0.15) is 17.0 Å². The molecule has 3 heterocycles. The fourth-order valence-corrected chi connectivity index (χ4v) is 3.60. The Kier molecular flexibility index (Phi) is 5.57. The fourth-order valence-electron chi connectivity index (χ4n) is 3.60. The van der Waals surface area contributed by atoms with Gasteiger partial charge < -0.3 is 20.1 Å². The molecule has 9 heteroatoms. The second-order valence-electron chi connectivity index (χ2n) is 6.92. The molecule has 1 saturated heterocycles. The van der Waals surface area contributed by atoms with E-state index in [-0.39, 0.29) is 18.4 Å². The molecule has 0 radical (unpaired) electrons. The van der Waals surface area contributed by atoms with Gasteiger partial charge in [0.05, 0.1) is 19.3 Å². The lowest BCUT2D eigenvalue weighted by atomic mass is 10.0. The van der Waals surface area contributed by atoms with E-state index >= 15 is 0 Å². The smallest absolute Gasteiger partial charge is 0.260 e. The first-order valence-electron chi connectivity index (χ1n) is 9.61. The van der Waals surface area contributed by atoms with Crippen molar-refractivity contribution in [2.75, 3.05) is 33.4 Å². The maximum Gasteiger partial charge on any atom is 0.260 e. The van der Waals surface area contributed by atoms with Crippen LogP contribution in [-0.2, 0) is 11.3 Å². The van der Waals surface area contributed by atoms with E-state index < -0.39 is 0 Å². The molecule has 1 aliphatic heterocycles. The Bertz CT molecular complexity index is 988.